The monoisotopic (exact) mass is 300 g/mol. The number of halogens is 1. The first-order valence-electron chi connectivity index (χ1n) is 6.13. The van der Waals surface area contributed by atoms with Gasteiger partial charge in [-0.05, 0) is 25.1 Å². The third kappa shape index (κ3) is 4.03. The van der Waals surface area contributed by atoms with Crippen LogP contribution in [0.25, 0.3) is 0 Å². The SMILES string of the molecule is CC1CN(C(=O)CSc2cc(Cl)ccc2N)CCO1. The third-order valence-corrected chi connectivity index (χ3v) is 4.21. The molecule has 19 heavy (non-hydrogen) atoms. The molecule has 0 bridgehead atoms. The minimum Gasteiger partial charge on any atom is -0.398 e. The van der Waals surface area contributed by atoms with Gasteiger partial charge in [0.15, 0.2) is 0 Å². The average molecular weight is 301 g/mol. The standard InChI is InChI=1S/C13H17ClN2O2S/c1-9-7-16(4-5-18-9)13(17)8-19-12-6-10(14)2-3-11(12)15/h2-3,6,9H,4-5,7-8,15H2,1H3. The number of ether oxygens (including phenoxy) is 1. The normalized spacial score (nSPS) is 19.5. The van der Waals surface area contributed by atoms with Gasteiger partial charge >= 0.3 is 0 Å². The Hall–Kier alpha value is -0.910. The third-order valence-electron chi connectivity index (χ3n) is 2.92. The number of thioether (sulfide) groups is 1. The quantitative estimate of drug-likeness (QED) is 0.687. The number of carbonyl (C=O) groups is 1. The van der Waals surface area contributed by atoms with Crippen LogP contribution in [0.15, 0.2) is 23.1 Å². The first-order chi connectivity index (χ1) is 9.06. The summed E-state index contributed by atoms with van der Waals surface area (Å²) < 4.78 is 5.42. The number of nitrogen functional groups attached to an aromatic ring is 1. The van der Waals surface area contributed by atoms with Gasteiger partial charge in [-0.25, -0.2) is 0 Å². The molecular weight excluding hydrogens is 284 g/mol. The van der Waals surface area contributed by atoms with Gasteiger partial charge in [0.1, 0.15) is 0 Å². The molecular formula is C13H17ClN2O2S. The molecule has 0 aromatic heterocycles. The zero-order chi connectivity index (χ0) is 13.8. The van der Waals surface area contributed by atoms with Gasteiger partial charge < -0.3 is 15.4 Å². The number of nitrogens with zero attached hydrogens (tertiary/aromatic N) is 1. The van der Waals surface area contributed by atoms with Crippen LogP contribution in [-0.2, 0) is 9.53 Å². The van der Waals surface area contributed by atoms with Crippen LogP contribution in [0.1, 0.15) is 6.92 Å². The molecule has 0 saturated carbocycles. The lowest BCUT2D eigenvalue weighted by atomic mass is 10.3. The van der Waals surface area contributed by atoms with Gasteiger partial charge in [0.25, 0.3) is 0 Å². The summed E-state index contributed by atoms with van der Waals surface area (Å²) >= 11 is 7.34. The number of hydrogen-bond acceptors (Lipinski definition) is 4. The van der Waals surface area contributed by atoms with E-state index in [0.717, 1.165) is 4.90 Å². The van der Waals surface area contributed by atoms with Crippen LogP contribution in [0, 0.1) is 0 Å². The Balaban J connectivity index is 1.91. The first-order valence-corrected chi connectivity index (χ1v) is 7.50. The molecule has 0 radical (unpaired) electrons. The molecule has 104 valence electrons. The van der Waals surface area contributed by atoms with E-state index in [1.165, 1.54) is 11.8 Å². The zero-order valence-electron chi connectivity index (χ0n) is 10.8. The average Bonchev–Trinajstić information content (AvgIpc) is 2.39. The van der Waals surface area contributed by atoms with Gasteiger partial charge in [-0.15, -0.1) is 11.8 Å². The highest BCUT2D eigenvalue weighted by molar-refractivity contribution is 8.00. The number of rotatable bonds is 3. The molecule has 1 aromatic rings. The Labute approximate surface area is 122 Å². The summed E-state index contributed by atoms with van der Waals surface area (Å²) in [7, 11) is 0. The van der Waals surface area contributed by atoms with Crippen molar-refractivity contribution in [3.8, 4) is 0 Å². The van der Waals surface area contributed by atoms with Gasteiger partial charge in [0, 0.05) is 28.7 Å². The number of amides is 1. The zero-order valence-corrected chi connectivity index (χ0v) is 12.3. The maximum Gasteiger partial charge on any atom is 0.233 e. The summed E-state index contributed by atoms with van der Waals surface area (Å²) in [5, 5.41) is 0.629. The summed E-state index contributed by atoms with van der Waals surface area (Å²) in [6, 6.07) is 5.29. The number of morpholine rings is 1. The van der Waals surface area contributed by atoms with Crippen LogP contribution in [-0.4, -0.2) is 42.4 Å². The van der Waals surface area contributed by atoms with E-state index >= 15 is 0 Å². The molecule has 1 unspecified atom stereocenters. The van der Waals surface area contributed by atoms with E-state index in [1.807, 2.05) is 11.8 Å². The molecule has 1 aliphatic heterocycles. The van der Waals surface area contributed by atoms with Crippen molar-refractivity contribution in [2.75, 3.05) is 31.2 Å². The molecule has 4 nitrogen and oxygen atoms in total. The van der Waals surface area contributed by atoms with E-state index in [2.05, 4.69) is 0 Å². The van der Waals surface area contributed by atoms with Crippen LogP contribution in [0.3, 0.4) is 0 Å². The van der Waals surface area contributed by atoms with Gasteiger partial charge in [0.05, 0.1) is 18.5 Å². The topological polar surface area (TPSA) is 55.6 Å². The number of hydrogen-bond donors (Lipinski definition) is 1. The molecule has 1 amide bonds. The Bertz CT molecular complexity index is 470. The minimum atomic E-state index is 0.110. The highest BCUT2D eigenvalue weighted by Gasteiger charge is 2.21. The Morgan fingerprint density at radius 2 is 2.42 bits per heavy atom. The summed E-state index contributed by atoms with van der Waals surface area (Å²) in [5.74, 6) is 0.483. The van der Waals surface area contributed by atoms with Crippen molar-refractivity contribution in [2.45, 2.75) is 17.9 Å². The number of nitrogens with two attached hydrogens (primary N) is 1. The lowest BCUT2D eigenvalue weighted by molar-refractivity contribution is -0.135. The fourth-order valence-electron chi connectivity index (χ4n) is 1.91. The van der Waals surface area contributed by atoms with Crippen molar-refractivity contribution < 1.29 is 9.53 Å². The Morgan fingerprint density at radius 1 is 1.63 bits per heavy atom. The van der Waals surface area contributed by atoms with E-state index in [9.17, 15) is 4.79 Å². The highest BCUT2D eigenvalue weighted by Crippen LogP contribution is 2.28. The summed E-state index contributed by atoms with van der Waals surface area (Å²) in [5.41, 5.74) is 6.50. The lowest BCUT2D eigenvalue weighted by Gasteiger charge is -2.31. The predicted molar refractivity (Wildman–Crippen MR) is 78.6 cm³/mol. The van der Waals surface area contributed by atoms with Gasteiger partial charge in [0.2, 0.25) is 5.91 Å². The maximum atomic E-state index is 12.1. The Morgan fingerprint density at radius 3 is 3.16 bits per heavy atom. The summed E-state index contributed by atoms with van der Waals surface area (Å²) in [6.45, 7) is 3.90. The highest BCUT2D eigenvalue weighted by atomic mass is 35.5. The van der Waals surface area contributed by atoms with E-state index < -0.39 is 0 Å². The number of carbonyl (C=O) groups excluding carboxylic acids is 1. The second-order valence-corrected chi connectivity index (χ2v) is 5.95. The fraction of sp³-hybridized carbons (Fsp3) is 0.462. The van der Waals surface area contributed by atoms with Crippen LogP contribution in [0.2, 0.25) is 5.02 Å². The molecule has 2 rings (SSSR count). The predicted octanol–water partition coefficient (Wildman–Crippen LogP) is 2.26. The molecule has 1 saturated heterocycles. The van der Waals surface area contributed by atoms with E-state index in [1.54, 1.807) is 18.2 Å². The fourth-order valence-corrected chi connectivity index (χ4v) is 3.05. The van der Waals surface area contributed by atoms with Crippen LogP contribution in [0.4, 0.5) is 5.69 Å². The largest absolute Gasteiger partial charge is 0.398 e. The maximum absolute atomic E-state index is 12.1. The molecule has 1 heterocycles. The van der Waals surface area contributed by atoms with Crippen LogP contribution >= 0.6 is 23.4 Å². The van der Waals surface area contributed by atoms with Crippen molar-refractivity contribution in [1.82, 2.24) is 4.90 Å². The second kappa shape index (κ2) is 6.50. The molecule has 1 fully saturated rings. The Kier molecular flexibility index (Phi) is 4.96. The van der Waals surface area contributed by atoms with Crippen LogP contribution in [0.5, 0.6) is 0 Å². The van der Waals surface area contributed by atoms with E-state index in [-0.39, 0.29) is 12.0 Å². The molecule has 1 aliphatic rings. The summed E-state index contributed by atoms with van der Waals surface area (Å²) in [4.78, 5) is 14.8. The number of benzene rings is 1. The van der Waals surface area contributed by atoms with Crippen molar-refractivity contribution in [1.29, 1.82) is 0 Å². The number of anilines is 1. The molecule has 1 atom stereocenters. The van der Waals surface area contributed by atoms with Crippen molar-refractivity contribution in [2.24, 2.45) is 0 Å². The molecule has 2 N–H and O–H groups in total. The van der Waals surface area contributed by atoms with Crippen LogP contribution < -0.4 is 5.73 Å². The smallest absolute Gasteiger partial charge is 0.233 e. The molecule has 1 aromatic carbocycles. The van der Waals surface area contributed by atoms with Gasteiger partial charge in [-0.1, -0.05) is 11.6 Å². The second-order valence-electron chi connectivity index (χ2n) is 4.49. The minimum absolute atomic E-state index is 0.110. The molecule has 6 heteroatoms. The van der Waals surface area contributed by atoms with Crippen molar-refractivity contribution >= 4 is 35.0 Å². The lowest BCUT2D eigenvalue weighted by Crippen LogP contribution is -2.45. The van der Waals surface area contributed by atoms with Crippen molar-refractivity contribution in [3.05, 3.63) is 23.2 Å². The molecule has 0 spiro atoms. The van der Waals surface area contributed by atoms with Gasteiger partial charge in [-0.3, -0.25) is 4.79 Å². The van der Waals surface area contributed by atoms with E-state index in [0.29, 0.717) is 36.2 Å². The van der Waals surface area contributed by atoms with Gasteiger partial charge in [-0.2, -0.15) is 0 Å². The summed E-state index contributed by atoms with van der Waals surface area (Å²) in [6.07, 6.45) is 0.110. The van der Waals surface area contributed by atoms with Crippen molar-refractivity contribution in [3.63, 3.8) is 0 Å². The van der Waals surface area contributed by atoms with E-state index in [4.69, 9.17) is 22.1 Å². The molecule has 0 aliphatic carbocycles. The first kappa shape index (κ1) is 14.5.